The van der Waals surface area contributed by atoms with Crippen LogP contribution in [0, 0.1) is 0 Å². The van der Waals surface area contributed by atoms with Gasteiger partial charge in [-0.05, 0) is 32.1 Å². The molecule has 0 amide bonds. The summed E-state index contributed by atoms with van der Waals surface area (Å²) in [6, 6.07) is 6.99. The second kappa shape index (κ2) is 7.74. The molecule has 1 fully saturated rings. The van der Waals surface area contributed by atoms with Crippen LogP contribution in [0.3, 0.4) is 0 Å². The summed E-state index contributed by atoms with van der Waals surface area (Å²) in [5.74, 6) is 0. The molecule has 1 aromatic rings. The van der Waals surface area contributed by atoms with E-state index in [1.807, 2.05) is 6.07 Å². The van der Waals surface area contributed by atoms with Gasteiger partial charge in [-0.2, -0.15) is 0 Å². The molecule has 7 heteroatoms. The highest BCUT2D eigenvalue weighted by molar-refractivity contribution is 7.89. The van der Waals surface area contributed by atoms with Crippen molar-refractivity contribution in [3.05, 3.63) is 24.3 Å². The van der Waals surface area contributed by atoms with Crippen molar-refractivity contribution in [3.8, 4) is 0 Å². The van der Waals surface area contributed by atoms with Crippen LogP contribution in [0.15, 0.2) is 29.2 Å². The fourth-order valence-corrected chi connectivity index (χ4v) is 3.32. The number of anilines is 1. The molecular weight excluding hydrogens is 288 g/mol. The Labute approximate surface area is 127 Å². The van der Waals surface area contributed by atoms with E-state index in [0.29, 0.717) is 10.6 Å². The first-order chi connectivity index (χ1) is 10.1. The fourth-order valence-electron chi connectivity index (χ4n) is 2.42. The molecule has 1 saturated heterocycles. The number of nitrogens with zero attached hydrogens (tertiary/aromatic N) is 1. The predicted molar refractivity (Wildman–Crippen MR) is 85.1 cm³/mol. The molecule has 3 N–H and O–H groups in total. The fraction of sp³-hybridized carbons (Fsp3) is 0.571. The van der Waals surface area contributed by atoms with Crippen molar-refractivity contribution in [3.63, 3.8) is 0 Å². The van der Waals surface area contributed by atoms with Gasteiger partial charge in [0.05, 0.1) is 5.69 Å². The van der Waals surface area contributed by atoms with Gasteiger partial charge in [0.1, 0.15) is 4.90 Å². The number of para-hydroxylation sites is 1. The zero-order valence-corrected chi connectivity index (χ0v) is 13.2. The average Bonchev–Trinajstić information content (AvgIpc) is 2.53. The van der Waals surface area contributed by atoms with Crippen LogP contribution in [0.1, 0.15) is 6.42 Å². The van der Waals surface area contributed by atoms with Gasteiger partial charge in [-0.25, -0.2) is 13.1 Å². The SMILES string of the molecule is CNS(=O)(=O)c1ccccc1NCCCN1CCNCC1. The highest BCUT2D eigenvalue weighted by Crippen LogP contribution is 2.20. The van der Waals surface area contributed by atoms with Gasteiger partial charge in [0.25, 0.3) is 0 Å². The third kappa shape index (κ3) is 4.67. The van der Waals surface area contributed by atoms with E-state index in [4.69, 9.17) is 0 Å². The first-order valence-corrected chi connectivity index (χ1v) is 8.81. The molecule has 1 aromatic carbocycles. The Bertz CT molecular complexity index is 542. The Balaban J connectivity index is 1.86. The smallest absolute Gasteiger partial charge is 0.242 e. The monoisotopic (exact) mass is 312 g/mol. The molecule has 1 aliphatic rings. The van der Waals surface area contributed by atoms with Gasteiger partial charge in [-0.3, -0.25) is 0 Å². The number of sulfonamides is 1. The summed E-state index contributed by atoms with van der Waals surface area (Å²) in [5.41, 5.74) is 0.659. The minimum Gasteiger partial charge on any atom is -0.384 e. The van der Waals surface area contributed by atoms with Gasteiger partial charge in [0.2, 0.25) is 10.0 Å². The van der Waals surface area contributed by atoms with Gasteiger partial charge in [0.15, 0.2) is 0 Å². The number of benzene rings is 1. The maximum absolute atomic E-state index is 11.9. The van der Waals surface area contributed by atoms with Crippen LogP contribution in [0.4, 0.5) is 5.69 Å². The van der Waals surface area contributed by atoms with Crippen molar-refractivity contribution < 1.29 is 8.42 Å². The van der Waals surface area contributed by atoms with Crippen molar-refractivity contribution in [1.29, 1.82) is 0 Å². The zero-order chi connectivity index (χ0) is 15.1. The molecule has 0 saturated carbocycles. The first-order valence-electron chi connectivity index (χ1n) is 7.33. The van der Waals surface area contributed by atoms with Crippen LogP contribution in [-0.4, -0.2) is 59.6 Å². The predicted octanol–water partition coefficient (Wildman–Crippen LogP) is 0.302. The van der Waals surface area contributed by atoms with E-state index in [-0.39, 0.29) is 0 Å². The van der Waals surface area contributed by atoms with Gasteiger partial charge in [-0.15, -0.1) is 0 Å². The molecule has 118 valence electrons. The number of hydrogen-bond acceptors (Lipinski definition) is 5. The Morgan fingerprint density at radius 3 is 2.67 bits per heavy atom. The average molecular weight is 312 g/mol. The molecular formula is C14H24N4O2S. The lowest BCUT2D eigenvalue weighted by molar-refractivity contribution is 0.240. The number of hydrogen-bond donors (Lipinski definition) is 3. The Kier molecular flexibility index (Phi) is 5.98. The summed E-state index contributed by atoms with van der Waals surface area (Å²) in [6.45, 7) is 6.08. The van der Waals surface area contributed by atoms with Crippen molar-refractivity contribution in [2.45, 2.75) is 11.3 Å². The van der Waals surface area contributed by atoms with Crippen LogP contribution in [-0.2, 0) is 10.0 Å². The molecule has 0 radical (unpaired) electrons. The van der Waals surface area contributed by atoms with Crippen molar-refractivity contribution in [2.24, 2.45) is 0 Å². The largest absolute Gasteiger partial charge is 0.384 e. The second-order valence-electron chi connectivity index (χ2n) is 5.08. The van der Waals surface area contributed by atoms with E-state index >= 15 is 0 Å². The quantitative estimate of drug-likeness (QED) is 0.632. The summed E-state index contributed by atoms with van der Waals surface area (Å²) in [7, 11) is -1.99. The third-order valence-corrected chi connectivity index (χ3v) is 5.09. The van der Waals surface area contributed by atoms with Crippen LogP contribution >= 0.6 is 0 Å². The zero-order valence-electron chi connectivity index (χ0n) is 12.4. The topological polar surface area (TPSA) is 73.5 Å². The van der Waals surface area contributed by atoms with Gasteiger partial charge < -0.3 is 15.5 Å². The molecule has 0 unspecified atom stereocenters. The van der Waals surface area contributed by atoms with E-state index in [1.54, 1.807) is 18.2 Å². The maximum atomic E-state index is 11.9. The maximum Gasteiger partial charge on any atom is 0.242 e. The van der Waals surface area contributed by atoms with Crippen LogP contribution < -0.4 is 15.4 Å². The summed E-state index contributed by atoms with van der Waals surface area (Å²) in [5, 5.41) is 6.56. The van der Waals surface area contributed by atoms with Gasteiger partial charge >= 0.3 is 0 Å². The number of nitrogens with one attached hydrogen (secondary N) is 3. The van der Waals surface area contributed by atoms with Gasteiger partial charge in [0, 0.05) is 32.7 Å². The molecule has 0 atom stereocenters. The molecule has 21 heavy (non-hydrogen) atoms. The third-order valence-electron chi connectivity index (χ3n) is 3.62. The standard InChI is InChI=1S/C14H24N4O2S/c1-15-21(19,20)14-6-3-2-5-13(14)17-7-4-10-18-11-8-16-9-12-18/h2-3,5-6,15-17H,4,7-12H2,1H3. The molecule has 0 bridgehead atoms. The van der Waals surface area contributed by atoms with Crippen molar-refractivity contribution in [1.82, 2.24) is 14.9 Å². The number of rotatable bonds is 7. The summed E-state index contributed by atoms with van der Waals surface area (Å²) >= 11 is 0. The highest BCUT2D eigenvalue weighted by atomic mass is 32.2. The van der Waals surface area contributed by atoms with E-state index in [2.05, 4.69) is 20.3 Å². The van der Waals surface area contributed by atoms with E-state index in [0.717, 1.165) is 45.7 Å². The second-order valence-corrected chi connectivity index (χ2v) is 6.93. The minimum atomic E-state index is -3.42. The minimum absolute atomic E-state index is 0.301. The Morgan fingerprint density at radius 2 is 1.95 bits per heavy atom. The molecule has 2 rings (SSSR count). The first kappa shape index (κ1) is 16.2. The van der Waals surface area contributed by atoms with E-state index in [1.165, 1.54) is 7.05 Å². The Hall–Kier alpha value is -1.15. The van der Waals surface area contributed by atoms with Crippen LogP contribution in [0.2, 0.25) is 0 Å². The molecule has 1 aliphatic heterocycles. The lowest BCUT2D eigenvalue weighted by Crippen LogP contribution is -2.44. The lowest BCUT2D eigenvalue weighted by Gasteiger charge is -2.27. The lowest BCUT2D eigenvalue weighted by atomic mass is 10.3. The van der Waals surface area contributed by atoms with Crippen LogP contribution in [0.25, 0.3) is 0 Å². The summed E-state index contributed by atoms with van der Waals surface area (Å²) < 4.78 is 26.2. The molecule has 0 aromatic heterocycles. The summed E-state index contributed by atoms with van der Waals surface area (Å²) in [4.78, 5) is 2.73. The normalized spacial score (nSPS) is 16.8. The van der Waals surface area contributed by atoms with E-state index < -0.39 is 10.0 Å². The molecule has 0 aliphatic carbocycles. The molecule has 1 heterocycles. The van der Waals surface area contributed by atoms with E-state index in [9.17, 15) is 8.42 Å². The van der Waals surface area contributed by atoms with Gasteiger partial charge in [-0.1, -0.05) is 12.1 Å². The van der Waals surface area contributed by atoms with Crippen LogP contribution in [0.5, 0.6) is 0 Å². The van der Waals surface area contributed by atoms with Crippen molar-refractivity contribution >= 4 is 15.7 Å². The van der Waals surface area contributed by atoms with Crippen molar-refractivity contribution in [2.75, 3.05) is 51.6 Å². The molecule has 0 spiro atoms. The highest BCUT2D eigenvalue weighted by Gasteiger charge is 2.15. The molecule has 6 nitrogen and oxygen atoms in total. The summed E-state index contributed by atoms with van der Waals surface area (Å²) in [6.07, 6.45) is 0.994. The Morgan fingerprint density at radius 1 is 1.24 bits per heavy atom. The number of piperazine rings is 1.